The molecule has 0 spiro atoms. The van der Waals surface area contributed by atoms with E-state index in [0.29, 0.717) is 12.2 Å². The Balaban J connectivity index is 0.000000192. The number of aryl methyl sites for hydroxylation is 3. The predicted octanol–water partition coefficient (Wildman–Crippen LogP) is 7.27. The van der Waals surface area contributed by atoms with Crippen LogP contribution >= 0.6 is 0 Å². The first kappa shape index (κ1) is 28.7. The summed E-state index contributed by atoms with van der Waals surface area (Å²) in [4.78, 5) is 18.1. The average molecular weight is 591 g/mol. The fraction of sp³-hybridized carbons (Fsp3) is 0.226. The van der Waals surface area contributed by atoms with Crippen LogP contribution in [0.4, 0.5) is 5.69 Å². The van der Waals surface area contributed by atoms with E-state index in [-0.39, 0.29) is 32.7 Å². The van der Waals surface area contributed by atoms with Crippen molar-refractivity contribution in [3.8, 4) is 33.9 Å². The van der Waals surface area contributed by atoms with E-state index in [1.54, 1.807) is 12.5 Å². The number of pyridine rings is 1. The van der Waals surface area contributed by atoms with E-state index in [0.717, 1.165) is 64.5 Å². The molecule has 0 saturated heterocycles. The van der Waals surface area contributed by atoms with Crippen molar-refractivity contribution in [2.24, 2.45) is 7.05 Å². The van der Waals surface area contributed by atoms with E-state index in [1.807, 2.05) is 48.3 Å². The molecule has 1 aliphatic heterocycles. The molecule has 1 radical (unpaired) electrons. The summed E-state index contributed by atoms with van der Waals surface area (Å²) in [6.45, 7) is 5.75. The molecule has 0 atom stereocenters. The van der Waals surface area contributed by atoms with Crippen LogP contribution in [0.3, 0.4) is 0 Å². The van der Waals surface area contributed by atoms with Crippen LogP contribution in [0.1, 0.15) is 29.3 Å². The van der Waals surface area contributed by atoms with Crippen LogP contribution in [0, 0.1) is 6.92 Å². The number of aromatic nitrogens is 5. The summed E-state index contributed by atoms with van der Waals surface area (Å²) in [7, 11) is 1.95. The van der Waals surface area contributed by atoms with Crippen LogP contribution in [0.2, 0.25) is 0 Å². The zero-order chi connectivity index (χ0) is 26.5. The Kier molecular flexibility index (Phi) is 9.73. The molecule has 1 N–H and O–H groups in total. The molecule has 0 bridgehead atoms. The SMILES string of the molecule is CCc1cc([NH-])cc(-c2cn(C)cn2)c1.Cc1ccccc1-c1nc(-c2cccnc2)nc2c1C[N-]CC2.[Y]. The standard InChI is InChI=1S/C19H17N4.C12H14N3.Y/c1-13-5-2-3-7-15(13)18-16-12-21-10-8-17(16)22-19(23-18)14-6-4-9-20-11-14;1-3-9-4-10(6-11(13)5-9)12-7-15(2)8-14-12;/h2-7,9,11H,8,10,12H2,1H3;4-8,13H,3H2,1-2H3;/q2*-1;. The van der Waals surface area contributed by atoms with Crippen LogP contribution < -0.4 is 0 Å². The van der Waals surface area contributed by atoms with E-state index < -0.39 is 0 Å². The van der Waals surface area contributed by atoms with E-state index in [1.165, 1.54) is 11.1 Å². The molecule has 0 aliphatic carbocycles. The summed E-state index contributed by atoms with van der Waals surface area (Å²) >= 11 is 0. The maximum Gasteiger partial charge on any atom is 0.161 e. The number of benzene rings is 2. The van der Waals surface area contributed by atoms with Crippen LogP contribution in [0.5, 0.6) is 0 Å². The second kappa shape index (κ2) is 13.2. The van der Waals surface area contributed by atoms with E-state index in [4.69, 9.17) is 15.7 Å². The van der Waals surface area contributed by atoms with Gasteiger partial charge in [-0.15, -0.1) is 18.8 Å². The Labute approximate surface area is 255 Å². The number of nitrogens with one attached hydrogen (secondary N) is 1. The number of imidazole rings is 1. The molecule has 8 heteroatoms. The van der Waals surface area contributed by atoms with Gasteiger partial charge in [-0.25, -0.2) is 15.0 Å². The van der Waals surface area contributed by atoms with Crippen molar-refractivity contribution in [3.05, 3.63) is 113 Å². The third kappa shape index (κ3) is 6.85. The first-order valence-corrected chi connectivity index (χ1v) is 12.8. The van der Waals surface area contributed by atoms with Gasteiger partial charge in [0.25, 0.3) is 0 Å². The van der Waals surface area contributed by atoms with Gasteiger partial charge in [-0.3, -0.25) is 4.98 Å². The summed E-state index contributed by atoms with van der Waals surface area (Å²) in [5, 5.41) is 4.54. The van der Waals surface area contributed by atoms with Crippen molar-refractivity contribution in [1.29, 1.82) is 0 Å². The molecule has 0 fully saturated rings. The second-order valence-corrected chi connectivity index (χ2v) is 9.43. The third-order valence-corrected chi connectivity index (χ3v) is 6.59. The monoisotopic (exact) mass is 590 g/mol. The van der Waals surface area contributed by atoms with Crippen molar-refractivity contribution in [1.82, 2.24) is 24.5 Å². The molecule has 0 amide bonds. The average Bonchev–Trinajstić information content (AvgIpc) is 3.39. The summed E-state index contributed by atoms with van der Waals surface area (Å²) < 4.78 is 1.91. The van der Waals surface area contributed by atoms with Crippen LogP contribution in [-0.2, 0) is 59.1 Å². The van der Waals surface area contributed by atoms with E-state index in [2.05, 4.69) is 59.5 Å². The maximum atomic E-state index is 7.70. The fourth-order valence-electron chi connectivity index (χ4n) is 4.57. The molecule has 39 heavy (non-hydrogen) atoms. The van der Waals surface area contributed by atoms with Crippen molar-refractivity contribution >= 4 is 5.69 Å². The summed E-state index contributed by atoms with van der Waals surface area (Å²) in [5.74, 6) is 0.747. The molecule has 7 nitrogen and oxygen atoms in total. The Morgan fingerprint density at radius 2 is 1.87 bits per heavy atom. The minimum atomic E-state index is 0. The van der Waals surface area contributed by atoms with Gasteiger partial charge < -0.3 is 15.6 Å². The molecule has 4 heterocycles. The Hall–Kier alpha value is -3.26. The fourth-order valence-corrected chi connectivity index (χ4v) is 4.57. The zero-order valence-corrected chi connectivity index (χ0v) is 25.4. The van der Waals surface area contributed by atoms with Crippen molar-refractivity contribution in [2.75, 3.05) is 6.54 Å². The molecule has 6 rings (SSSR count). The van der Waals surface area contributed by atoms with Crippen molar-refractivity contribution < 1.29 is 32.7 Å². The zero-order valence-electron chi connectivity index (χ0n) is 22.6. The normalized spacial score (nSPS) is 12.1. The Bertz CT molecular complexity index is 1550. The van der Waals surface area contributed by atoms with E-state index in [9.17, 15) is 0 Å². The number of fused-ring (bicyclic) bond motifs is 1. The first-order valence-electron chi connectivity index (χ1n) is 12.8. The molecular weight excluding hydrogens is 559 g/mol. The first-order chi connectivity index (χ1) is 18.5. The van der Waals surface area contributed by atoms with Gasteiger partial charge in [0.05, 0.1) is 17.7 Å². The summed E-state index contributed by atoms with van der Waals surface area (Å²) in [5.41, 5.74) is 18.0. The van der Waals surface area contributed by atoms with E-state index >= 15 is 0 Å². The van der Waals surface area contributed by atoms with Gasteiger partial charge in [0.15, 0.2) is 5.82 Å². The largest absolute Gasteiger partial charge is 0.699 e. The van der Waals surface area contributed by atoms with Crippen LogP contribution in [-0.4, -0.2) is 31.0 Å². The van der Waals surface area contributed by atoms with Gasteiger partial charge in [-0.2, -0.15) is 0 Å². The number of rotatable bonds is 4. The Morgan fingerprint density at radius 3 is 2.59 bits per heavy atom. The minimum Gasteiger partial charge on any atom is -0.699 e. The van der Waals surface area contributed by atoms with Gasteiger partial charge >= 0.3 is 0 Å². The molecule has 0 unspecified atom stereocenters. The summed E-state index contributed by atoms with van der Waals surface area (Å²) in [6.07, 6.45) is 9.15. The van der Waals surface area contributed by atoms with Gasteiger partial charge in [0.1, 0.15) is 0 Å². The molecule has 0 saturated carbocycles. The summed E-state index contributed by atoms with van der Waals surface area (Å²) in [6, 6.07) is 18.1. The predicted molar refractivity (Wildman–Crippen MR) is 153 cm³/mol. The third-order valence-electron chi connectivity index (χ3n) is 6.59. The second-order valence-electron chi connectivity index (χ2n) is 9.43. The van der Waals surface area contributed by atoms with Crippen molar-refractivity contribution in [2.45, 2.75) is 33.2 Å². The van der Waals surface area contributed by atoms with Gasteiger partial charge in [-0.05, 0) is 54.7 Å². The topological polar surface area (TPSA) is 94.4 Å². The molecule has 1 aliphatic rings. The Morgan fingerprint density at radius 1 is 1.03 bits per heavy atom. The van der Waals surface area contributed by atoms with Gasteiger partial charge in [0.2, 0.25) is 0 Å². The molecular formula is C31H31N7Y-2. The van der Waals surface area contributed by atoms with Gasteiger partial charge in [0, 0.05) is 80.7 Å². The van der Waals surface area contributed by atoms with Crippen molar-refractivity contribution in [3.63, 3.8) is 0 Å². The molecule has 3 aromatic heterocycles. The smallest absolute Gasteiger partial charge is 0.161 e. The number of hydrogen-bond donors (Lipinski definition) is 0. The van der Waals surface area contributed by atoms with Gasteiger partial charge in [-0.1, -0.05) is 43.3 Å². The number of hydrogen-bond acceptors (Lipinski definition) is 4. The number of nitrogens with zero attached hydrogens (tertiary/aromatic N) is 6. The van der Waals surface area contributed by atoms with Crippen LogP contribution in [0.25, 0.3) is 45.0 Å². The molecule has 2 aromatic carbocycles. The van der Waals surface area contributed by atoms with Crippen LogP contribution in [0.15, 0.2) is 79.5 Å². The quantitative estimate of drug-likeness (QED) is 0.220. The molecule has 5 aromatic rings. The minimum absolute atomic E-state index is 0. The molecule has 195 valence electrons. The maximum absolute atomic E-state index is 7.70.